The standard InChI is InChI=1S/C14H21F3O3Si/c1-4-18-21(19-5-2,20-6-3)8-7-11-9-13(16)14(17)10-12(11)15/h9-10H,4-8H2,1-3H3. The summed E-state index contributed by atoms with van der Waals surface area (Å²) in [7, 11) is -2.92. The molecule has 21 heavy (non-hydrogen) atoms. The van der Waals surface area contributed by atoms with E-state index in [0.29, 0.717) is 31.9 Å². The predicted molar refractivity (Wildman–Crippen MR) is 75.5 cm³/mol. The van der Waals surface area contributed by atoms with Crippen LogP contribution in [-0.2, 0) is 19.7 Å². The molecule has 0 bridgehead atoms. The molecule has 0 N–H and O–H groups in total. The highest BCUT2D eigenvalue weighted by atomic mass is 28.4. The van der Waals surface area contributed by atoms with E-state index in [1.165, 1.54) is 0 Å². The van der Waals surface area contributed by atoms with Crippen LogP contribution in [0.5, 0.6) is 0 Å². The second-order valence-electron chi connectivity index (χ2n) is 4.34. The minimum absolute atomic E-state index is 0.0879. The second kappa shape index (κ2) is 8.53. The van der Waals surface area contributed by atoms with Gasteiger partial charge in [0.15, 0.2) is 11.6 Å². The maximum Gasteiger partial charge on any atom is 0.501 e. The average Bonchev–Trinajstić information content (AvgIpc) is 2.42. The lowest BCUT2D eigenvalue weighted by atomic mass is 10.1. The molecule has 0 saturated heterocycles. The van der Waals surface area contributed by atoms with Crippen molar-refractivity contribution in [3.63, 3.8) is 0 Å². The highest BCUT2D eigenvalue weighted by Gasteiger charge is 2.40. The Hall–Kier alpha value is -0.893. The summed E-state index contributed by atoms with van der Waals surface area (Å²) in [4.78, 5) is 0. The number of hydrogen-bond acceptors (Lipinski definition) is 3. The Labute approximate surface area is 124 Å². The van der Waals surface area contributed by atoms with Gasteiger partial charge in [-0.25, -0.2) is 13.2 Å². The Morgan fingerprint density at radius 2 is 1.29 bits per heavy atom. The van der Waals surface area contributed by atoms with Crippen molar-refractivity contribution in [2.24, 2.45) is 0 Å². The van der Waals surface area contributed by atoms with Crippen molar-refractivity contribution in [1.29, 1.82) is 0 Å². The lowest BCUT2D eigenvalue weighted by Crippen LogP contribution is -2.46. The summed E-state index contributed by atoms with van der Waals surface area (Å²) in [6, 6.07) is 1.73. The number of halogens is 3. The molecule has 1 aromatic rings. The van der Waals surface area contributed by atoms with Crippen LogP contribution in [-0.4, -0.2) is 28.6 Å². The number of aryl methyl sites for hydroxylation is 1. The third-order valence-electron chi connectivity index (χ3n) is 2.88. The highest BCUT2D eigenvalue weighted by Crippen LogP contribution is 2.22. The van der Waals surface area contributed by atoms with Crippen molar-refractivity contribution < 1.29 is 26.4 Å². The van der Waals surface area contributed by atoms with Gasteiger partial charge in [-0.05, 0) is 38.8 Å². The van der Waals surface area contributed by atoms with Crippen molar-refractivity contribution in [3.8, 4) is 0 Å². The van der Waals surface area contributed by atoms with Gasteiger partial charge in [0, 0.05) is 31.9 Å². The van der Waals surface area contributed by atoms with Crippen LogP contribution in [0.1, 0.15) is 26.3 Å². The molecule has 0 unspecified atom stereocenters. The summed E-state index contributed by atoms with van der Waals surface area (Å²) in [6.07, 6.45) is 0.162. The zero-order chi connectivity index (χ0) is 15.9. The molecule has 0 aliphatic heterocycles. The van der Waals surface area contributed by atoms with Crippen LogP contribution in [0.4, 0.5) is 13.2 Å². The third-order valence-corrected chi connectivity index (χ3v) is 5.93. The first-order valence-corrected chi connectivity index (χ1v) is 8.96. The van der Waals surface area contributed by atoms with Gasteiger partial charge >= 0.3 is 8.80 Å². The molecule has 0 atom stereocenters. The van der Waals surface area contributed by atoms with Crippen LogP contribution in [0, 0.1) is 17.5 Å². The number of rotatable bonds is 9. The minimum atomic E-state index is -2.92. The molecular formula is C14H21F3O3Si. The van der Waals surface area contributed by atoms with E-state index in [4.69, 9.17) is 13.3 Å². The van der Waals surface area contributed by atoms with Gasteiger partial charge in [0.1, 0.15) is 5.82 Å². The maximum atomic E-state index is 13.6. The van der Waals surface area contributed by atoms with Crippen molar-refractivity contribution in [3.05, 3.63) is 35.1 Å². The van der Waals surface area contributed by atoms with Crippen molar-refractivity contribution >= 4 is 8.80 Å². The smallest absolute Gasteiger partial charge is 0.374 e. The Kier molecular flexibility index (Phi) is 7.37. The molecule has 0 aliphatic rings. The maximum absolute atomic E-state index is 13.6. The van der Waals surface area contributed by atoms with E-state index in [1.807, 2.05) is 20.8 Å². The fourth-order valence-corrected chi connectivity index (χ4v) is 4.62. The summed E-state index contributed by atoms with van der Waals surface area (Å²) < 4.78 is 56.7. The largest absolute Gasteiger partial charge is 0.501 e. The van der Waals surface area contributed by atoms with E-state index < -0.39 is 26.3 Å². The van der Waals surface area contributed by atoms with Crippen LogP contribution in [0.15, 0.2) is 12.1 Å². The van der Waals surface area contributed by atoms with Crippen LogP contribution in [0.25, 0.3) is 0 Å². The minimum Gasteiger partial charge on any atom is -0.374 e. The second-order valence-corrected chi connectivity index (χ2v) is 7.07. The molecule has 0 amide bonds. The van der Waals surface area contributed by atoms with Gasteiger partial charge in [-0.2, -0.15) is 0 Å². The van der Waals surface area contributed by atoms with E-state index in [2.05, 4.69) is 0 Å². The topological polar surface area (TPSA) is 27.7 Å². The Balaban J connectivity index is 2.87. The zero-order valence-electron chi connectivity index (χ0n) is 12.5. The summed E-state index contributed by atoms with van der Waals surface area (Å²) in [5.41, 5.74) is 0.0879. The highest BCUT2D eigenvalue weighted by molar-refractivity contribution is 6.60. The van der Waals surface area contributed by atoms with Crippen LogP contribution < -0.4 is 0 Å². The van der Waals surface area contributed by atoms with Crippen molar-refractivity contribution in [2.75, 3.05) is 19.8 Å². The fourth-order valence-electron chi connectivity index (χ4n) is 2.04. The molecule has 1 rings (SSSR count). The van der Waals surface area contributed by atoms with E-state index in [1.54, 1.807) is 0 Å². The molecule has 0 spiro atoms. The van der Waals surface area contributed by atoms with Crippen LogP contribution in [0.2, 0.25) is 6.04 Å². The first-order valence-electron chi connectivity index (χ1n) is 7.03. The number of benzene rings is 1. The fraction of sp³-hybridized carbons (Fsp3) is 0.571. The lowest BCUT2D eigenvalue weighted by molar-refractivity contribution is 0.0713. The van der Waals surface area contributed by atoms with Crippen molar-refractivity contribution in [2.45, 2.75) is 33.2 Å². The van der Waals surface area contributed by atoms with Crippen molar-refractivity contribution in [1.82, 2.24) is 0 Å². The molecular weight excluding hydrogens is 301 g/mol. The molecule has 0 fully saturated rings. The molecule has 0 aliphatic carbocycles. The summed E-state index contributed by atoms with van der Waals surface area (Å²) in [6.45, 7) is 6.68. The zero-order valence-corrected chi connectivity index (χ0v) is 13.5. The quantitative estimate of drug-likeness (QED) is 0.512. The van der Waals surface area contributed by atoms with Gasteiger partial charge in [0.25, 0.3) is 0 Å². The summed E-state index contributed by atoms with van der Waals surface area (Å²) >= 11 is 0. The van der Waals surface area contributed by atoms with Crippen LogP contribution in [0.3, 0.4) is 0 Å². The molecule has 7 heteroatoms. The Morgan fingerprint density at radius 3 is 1.76 bits per heavy atom. The third kappa shape index (κ3) is 5.10. The summed E-state index contributed by atoms with van der Waals surface area (Å²) in [5, 5.41) is 0. The van der Waals surface area contributed by atoms with E-state index in [9.17, 15) is 13.2 Å². The van der Waals surface area contributed by atoms with Gasteiger partial charge in [-0.1, -0.05) is 0 Å². The normalized spacial score (nSPS) is 11.9. The van der Waals surface area contributed by atoms with Crippen LogP contribution >= 0.6 is 0 Å². The van der Waals surface area contributed by atoms with Gasteiger partial charge in [0.2, 0.25) is 0 Å². The van der Waals surface area contributed by atoms with Gasteiger partial charge in [0.05, 0.1) is 0 Å². The average molecular weight is 322 g/mol. The number of hydrogen-bond donors (Lipinski definition) is 0. The molecule has 3 nitrogen and oxygen atoms in total. The molecule has 0 heterocycles. The van der Waals surface area contributed by atoms with Gasteiger partial charge in [-0.15, -0.1) is 0 Å². The molecule has 0 radical (unpaired) electrons. The molecule has 120 valence electrons. The Morgan fingerprint density at radius 1 is 0.810 bits per heavy atom. The lowest BCUT2D eigenvalue weighted by Gasteiger charge is -2.28. The summed E-state index contributed by atoms with van der Waals surface area (Å²) in [5.74, 6) is -3.04. The predicted octanol–water partition coefficient (Wildman–Crippen LogP) is 3.69. The SMILES string of the molecule is CCO[Si](CCc1cc(F)c(F)cc1F)(OCC)OCC. The monoisotopic (exact) mass is 322 g/mol. The first kappa shape index (κ1) is 18.2. The van der Waals surface area contributed by atoms with Gasteiger partial charge in [-0.3, -0.25) is 0 Å². The van der Waals surface area contributed by atoms with E-state index in [0.717, 1.165) is 6.07 Å². The molecule has 1 aromatic carbocycles. The molecule has 0 aromatic heterocycles. The molecule has 0 saturated carbocycles. The first-order chi connectivity index (χ1) is 9.98. The van der Waals surface area contributed by atoms with E-state index in [-0.39, 0.29) is 12.0 Å². The van der Waals surface area contributed by atoms with E-state index >= 15 is 0 Å². The van der Waals surface area contributed by atoms with Gasteiger partial charge < -0.3 is 13.3 Å². The Bertz CT molecular complexity index is 440.